The van der Waals surface area contributed by atoms with Crippen LogP contribution < -0.4 is 14.5 Å². The van der Waals surface area contributed by atoms with E-state index in [1.54, 1.807) is 47.2 Å². The van der Waals surface area contributed by atoms with Gasteiger partial charge in [-0.1, -0.05) is 6.92 Å². The first-order chi connectivity index (χ1) is 16.8. The summed E-state index contributed by atoms with van der Waals surface area (Å²) >= 11 is 0. The number of carbonyl (C=O) groups is 1. The van der Waals surface area contributed by atoms with Gasteiger partial charge in [0.2, 0.25) is 5.88 Å². The molecule has 0 radical (unpaired) electrons. The van der Waals surface area contributed by atoms with E-state index in [-0.39, 0.29) is 12.2 Å². The number of aryl methyl sites for hydroxylation is 1. The average molecular weight is 484 g/mol. The predicted molar refractivity (Wildman–Crippen MR) is 119 cm³/mol. The zero-order chi connectivity index (χ0) is 24.7. The Morgan fingerprint density at radius 3 is 2.71 bits per heavy atom. The fourth-order valence-corrected chi connectivity index (χ4v) is 3.90. The van der Waals surface area contributed by atoms with E-state index < -0.39 is 24.0 Å². The van der Waals surface area contributed by atoms with Crippen molar-refractivity contribution in [3.05, 3.63) is 72.3 Å². The van der Waals surface area contributed by atoms with Crippen molar-refractivity contribution < 1.29 is 27.8 Å². The summed E-state index contributed by atoms with van der Waals surface area (Å²) in [6.07, 6.45) is -0.277. The molecule has 0 saturated carbocycles. The summed E-state index contributed by atoms with van der Waals surface area (Å²) in [6.45, 7) is 1.70. The highest BCUT2D eigenvalue weighted by atomic mass is 19.4. The van der Waals surface area contributed by atoms with Gasteiger partial charge in [0.1, 0.15) is 5.75 Å². The van der Waals surface area contributed by atoms with Crippen LogP contribution in [0, 0.1) is 0 Å². The Labute approximate surface area is 197 Å². The number of nitrogens with zero attached hydrogens (tertiary/aromatic N) is 6. The second kappa shape index (κ2) is 8.55. The van der Waals surface area contributed by atoms with Gasteiger partial charge in [-0.05, 0) is 36.2 Å². The third-order valence-corrected chi connectivity index (χ3v) is 5.62. The highest BCUT2D eigenvalue weighted by Crippen LogP contribution is 2.35. The molecular formula is C23H19F3N6O3. The van der Waals surface area contributed by atoms with E-state index in [4.69, 9.17) is 4.74 Å². The van der Waals surface area contributed by atoms with Crippen molar-refractivity contribution in [3.63, 3.8) is 0 Å². The lowest BCUT2D eigenvalue weighted by Gasteiger charge is -2.22. The minimum Gasteiger partial charge on any atom is -0.439 e. The molecule has 12 heteroatoms. The molecule has 5 rings (SSSR count). The Morgan fingerprint density at radius 1 is 1.11 bits per heavy atom. The summed E-state index contributed by atoms with van der Waals surface area (Å²) in [5, 5.41) is 14.8. The summed E-state index contributed by atoms with van der Waals surface area (Å²) < 4.78 is 46.9. The lowest BCUT2D eigenvalue weighted by Crippen LogP contribution is -2.35. The minimum atomic E-state index is -4.60. The number of aliphatic hydroxyl groups excluding tert-OH is 1. The number of aromatic nitrogens is 4. The van der Waals surface area contributed by atoms with Gasteiger partial charge >= 0.3 is 12.2 Å². The molecule has 1 N–H and O–H groups in total. The van der Waals surface area contributed by atoms with Crippen LogP contribution in [-0.4, -0.2) is 43.5 Å². The number of hydrogen-bond acceptors (Lipinski definition) is 6. The lowest BCUT2D eigenvalue weighted by atomic mass is 10.1. The van der Waals surface area contributed by atoms with E-state index in [2.05, 4.69) is 15.1 Å². The van der Waals surface area contributed by atoms with Crippen LogP contribution in [0.3, 0.4) is 0 Å². The summed E-state index contributed by atoms with van der Waals surface area (Å²) in [5.41, 5.74) is 0.718. The maximum absolute atomic E-state index is 13.1. The highest BCUT2D eigenvalue weighted by molar-refractivity contribution is 6.06. The number of halogens is 3. The van der Waals surface area contributed by atoms with Crippen molar-refractivity contribution in [2.45, 2.75) is 25.7 Å². The molecule has 2 amide bonds. The van der Waals surface area contributed by atoms with Gasteiger partial charge in [-0.15, -0.1) is 0 Å². The first kappa shape index (κ1) is 22.6. The topological polar surface area (TPSA) is 96.1 Å². The standard InChI is InChI=1S/C23H19F3N6O3/c1-2-14-9-16(3-4-18(14)35-21-6-7-28-19-5-8-29-32(19)21)31-20(33)13-30(22(31)34)17-10-15(11-27-12-17)23(24,25)26/h3-12,20,33H,2,13H2,1H3. The van der Waals surface area contributed by atoms with Gasteiger partial charge in [0.25, 0.3) is 0 Å². The molecule has 1 unspecified atom stereocenters. The summed E-state index contributed by atoms with van der Waals surface area (Å²) in [6, 6.07) is 8.54. The van der Waals surface area contributed by atoms with Crippen LogP contribution in [0.2, 0.25) is 0 Å². The number of benzene rings is 1. The number of β-amino-alcohol motifs (C(OH)–C–C–N with tert-alkyl or cyclic N) is 1. The SMILES string of the molecule is CCc1cc(N2C(=O)N(c3cncc(C(F)(F)F)c3)CC2O)ccc1Oc1ccnc2ccnn12. The van der Waals surface area contributed by atoms with Crippen LogP contribution in [0.5, 0.6) is 11.6 Å². The quantitative estimate of drug-likeness (QED) is 0.455. The molecule has 0 spiro atoms. The molecule has 0 bridgehead atoms. The van der Waals surface area contributed by atoms with Crippen molar-refractivity contribution in [2.24, 2.45) is 0 Å². The average Bonchev–Trinajstić information content (AvgIpc) is 3.43. The van der Waals surface area contributed by atoms with Crippen molar-refractivity contribution in [1.29, 1.82) is 0 Å². The van der Waals surface area contributed by atoms with Crippen LogP contribution in [0.25, 0.3) is 5.65 Å². The van der Waals surface area contributed by atoms with Gasteiger partial charge in [-0.25, -0.2) is 9.78 Å². The number of pyridine rings is 1. The number of anilines is 2. The number of amides is 2. The molecule has 180 valence electrons. The molecule has 1 atom stereocenters. The zero-order valence-corrected chi connectivity index (χ0v) is 18.3. The highest BCUT2D eigenvalue weighted by Gasteiger charge is 2.39. The second-order valence-electron chi connectivity index (χ2n) is 7.81. The molecule has 0 aliphatic carbocycles. The van der Waals surface area contributed by atoms with Gasteiger partial charge in [0.15, 0.2) is 11.9 Å². The number of aliphatic hydroxyl groups is 1. The number of hydrogen-bond donors (Lipinski definition) is 1. The van der Waals surface area contributed by atoms with Crippen LogP contribution in [0.1, 0.15) is 18.1 Å². The van der Waals surface area contributed by atoms with Gasteiger partial charge in [0.05, 0.1) is 30.2 Å². The molecule has 4 aromatic rings. The molecule has 35 heavy (non-hydrogen) atoms. The third-order valence-electron chi connectivity index (χ3n) is 5.62. The van der Waals surface area contributed by atoms with E-state index in [0.29, 0.717) is 35.6 Å². The molecule has 4 heterocycles. The Hall–Kier alpha value is -4.19. The molecule has 1 saturated heterocycles. The molecular weight excluding hydrogens is 465 g/mol. The van der Waals surface area contributed by atoms with Crippen molar-refractivity contribution in [1.82, 2.24) is 19.6 Å². The molecule has 1 aliphatic heterocycles. The monoisotopic (exact) mass is 484 g/mol. The Bertz CT molecular complexity index is 1410. The summed E-state index contributed by atoms with van der Waals surface area (Å²) in [5.74, 6) is 0.974. The fraction of sp³-hybridized carbons (Fsp3) is 0.217. The van der Waals surface area contributed by atoms with Gasteiger partial charge in [-0.2, -0.15) is 22.8 Å². The smallest absolute Gasteiger partial charge is 0.417 e. The third kappa shape index (κ3) is 4.12. The van der Waals surface area contributed by atoms with Gasteiger partial charge in [-0.3, -0.25) is 14.8 Å². The molecule has 1 fully saturated rings. The van der Waals surface area contributed by atoms with Crippen molar-refractivity contribution in [3.8, 4) is 11.6 Å². The number of carbonyl (C=O) groups excluding carboxylic acids is 1. The maximum Gasteiger partial charge on any atom is 0.417 e. The normalized spacial score (nSPS) is 16.4. The molecule has 1 aliphatic rings. The summed E-state index contributed by atoms with van der Waals surface area (Å²) in [4.78, 5) is 23.1. The Balaban J connectivity index is 1.43. The number of rotatable bonds is 5. The molecule has 1 aromatic carbocycles. The Kier molecular flexibility index (Phi) is 5.52. The van der Waals surface area contributed by atoms with Gasteiger partial charge in [0, 0.05) is 30.2 Å². The molecule has 9 nitrogen and oxygen atoms in total. The number of ether oxygens (including phenoxy) is 1. The van der Waals surface area contributed by atoms with E-state index in [1.165, 1.54) is 0 Å². The fourth-order valence-electron chi connectivity index (χ4n) is 3.90. The molecule has 3 aromatic heterocycles. The van der Waals surface area contributed by atoms with E-state index in [0.717, 1.165) is 27.6 Å². The van der Waals surface area contributed by atoms with Crippen LogP contribution in [-0.2, 0) is 12.6 Å². The summed E-state index contributed by atoms with van der Waals surface area (Å²) in [7, 11) is 0. The van der Waals surface area contributed by atoms with Gasteiger partial charge < -0.3 is 9.84 Å². The number of fused-ring (bicyclic) bond motifs is 1. The van der Waals surface area contributed by atoms with Crippen LogP contribution in [0.4, 0.5) is 29.3 Å². The van der Waals surface area contributed by atoms with E-state index in [1.807, 2.05) is 6.92 Å². The first-order valence-corrected chi connectivity index (χ1v) is 10.7. The van der Waals surface area contributed by atoms with Crippen molar-refractivity contribution >= 4 is 23.1 Å². The lowest BCUT2D eigenvalue weighted by molar-refractivity contribution is -0.137. The van der Waals surface area contributed by atoms with E-state index >= 15 is 0 Å². The van der Waals surface area contributed by atoms with Crippen molar-refractivity contribution in [2.75, 3.05) is 16.3 Å². The predicted octanol–water partition coefficient (Wildman–Crippen LogP) is 4.26. The first-order valence-electron chi connectivity index (χ1n) is 10.7. The minimum absolute atomic E-state index is 0.0528. The second-order valence-corrected chi connectivity index (χ2v) is 7.81. The van der Waals surface area contributed by atoms with Crippen LogP contribution in [0.15, 0.2) is 61.2 Å². The van der Waals surface area contributed by atoms with E-state index in [9.17, 15) is 23.1 Å². The largest absolute Gasteiger partial charge is 0.439 e. The number of urea groups is 1. The zero-order valence-electron chi connectivity index (χ0n) is 18.3. The number of alkyl halides is 3. The maximum atomic E-state index is 13.1. The Morgan fingerprint density at radius 2 is 1.94 bits per heavy atom. The van der Waals surface area contributed by atoms with Crippen LogP contribution >= 0.6 is 0 Å².